The van der Waals surface area contributed by atoms with E-state index < -0.39 is 0 Å². The van der Waals surface area contributed by atoms with Crippen LogP contribution in [0.15, 0.2) is 30.3 Å². The highest BCUT2D eigenvalue weighted by Gasteiger charge is 2.37. The third kappa shape index (κ3) is 2.08. The van der Waals surface area contributed by atoms with Crippen molar-refractivity contribution in [1.82, 2.24) is 4.90 Å². The predicted octanol–water partition coefficient (Wildman–Crippen LogP) is 1.91. The van der Waals surface area contributed by atoms with Gasteiger partial charge in [0.25, 0.3) is 0 Å². The molecule has 0 radical (unpaired) electrons. The Morgan fingerprint density at radius 1 is 1.44 bits per heavy atom. The van der Waals surface area contributed by atoms with Crippen LogP contribution in [0.1, 0.15) is 10.9 Å². The quantitative estimate of drug-likeness (QED) is 0.735. The van der Waals surface area contributed by atoms with Crippen LogP contribution in [0.4, 0.5) is 0 Å². The van der Waals surface area contributed by atoms with E-state index in [-0.39, 0.29) is 17.4 Å². The van der Waals surface area contributed by atoms with Gasteiger partial charge in [0, 0.05) is 5.75 Å². The summed E-state index contributed by atoms with van der Waals surface area (Å²) in [6, 6.07) is 10.1. The summed E-state index contributed by atoms with van der Waals surface area (Å²) < 4.78 is 4.79. The fourth-order valence-electron chi connectivity index (χ4n) is 1.90. The molecule has 86 valence electrons. The summed E-state index contributed by atoms with van der Waals surface area (Å²) in [6.45, 7) is 0. The maximum atomic E-state index is 11.5. The summed E-state index contributed by atoms with van der Waals surface area (Å²) in [5.74, 6) is 0.649. The number of hydrogen-bond acceptors (Lipinski definition) is 4. The van der Waals surface area contributed by atoms with Crippen molar-refractivity contribution in [3.63, 3.8) is 0 Å². The van der Waals surface area contributed by atoms with Gasteiger partial charge in [-0.3, -0.25) is 9.69 Å². The Morgan fingerprint density at radius 2 is 2.12 bits per heavy atom. The number of esters is 1. The largest absolute Gasteiger partial charge is 0.468 e. The molecule has 0 saturated carbocycles. The lowest BCUT2D eigenvalue weighted by molar-refractivity contribution is -0.145. The van der Waals surface area contributed by atoms with E-state index in [1.807, 2.05) is 25.2 Å². The summed E-state index contributed by atoms with van der Waals surface area (Å²) in [5.41, 5.74) is 1.24. The molecule has 1 aliphatic rings. The fourth-order valence-corrected chi connectivity index (χ4v) is 3.37. The summed E-state index contributed by atoms with van der Waals surface area (Å²) in [6.07, 6.45) is 0. The molecule has 0 N–H and O–H groups in total. The van der Waals surface area contributed by atoms with Gasteiger partial charge in [-0.1, -0.05) is 30.3 Å². The molecule has 0 aromatic heterocycles. The van der Waals surface area contributed by atoms with Crippen LogP contribution in [0.2, 0.25) is 0 Å². The van der Waals surface area contributed by atoms with Gasteiger partial charge < -0.3 is 4.74 Å². The minimum Gasteiger partial charge on any atom is -0.468 e. The summed E-state index contributed by atoms with van der Waals surface area (Å²) in [4.78, 5) is 13.6. The Labute approximate surface area is 99.8 Å². The van der Waals surface area contributed by atoms with Gasteiger partial charge in [-0.15, -0.1) is 11.8 Å². The first-order valence-corrected chi connectivity index (χ1v) is 6.25. The minimum atomic E-state index is -0.145. The van der Waals surface area contributed by atoms with E-state index >= 15 is 0 Å². The number of ether oxygens (including phenoxy) is 1. The van der Waals surface area contributed by atoms with Gasteiger partial charge in [-0.05, 0) is 12.6 Å². The topological polar surface area (TPSA) is 29.5 Å². The smallest absolute Gasteiger partial charge is 0.323 e. The van der Waals surface area contributed by atoms with Gasteiger partial charge in [0.2, 0.25) is 0 Å². The van der Waals surface area contributed by atoms with Gasteiger partial charge in [0.15, 0.2) is 0 Å². The second-order valence-corrected chi connectivity index (χ2v) is 4.91. The maximum Gasteiger partial charge on any atom is 0.323 e. The van der Waals surface area contributed by atoms with Crippen LogP contribution < -0.4 is 0 Å². The van der Waals surface area contributed by atoms with E-state index in [0.29, 0.717) is 0 Å². The van der Waals surface area contributed by atoms with Crippen LogP contribution in [-0.4, -0.2) is 36.8 Å². The molecule has 16 heavy (non-hydrogen) atoms. The number of likely N-dealkylation sites (N-methyl/N-ethyl adjacent to an activating group) is 1. The van der Waals surface area contributed by atoms with Crippen molar-refractivity contribution in [3.05, 3.63) is 35.9 Å². The number of carbonyl (C=O) groups excluding carboxylic acids is 1. The van der Waals surface area contributed by atoms with Gasteiger partial charge in [0.05, 0.1) is 12.5 Å². The van der Waals surface area contributed by atoms with Crippen molar-refractivity contribution in [2.75, 3.05) is 19.9 Å². The number of carbonyl (C=O) groups is 1. The molecule has 1 aliphatic heterocycles. The van der Waals surface area contributed by atoms with Gasteiger partial charge in [-0.25, -0.2) is 0 Å². The van der Waals surface area contributed by atoms with E-state index in [1.54, 1.807) is 11.8 Å². The number of hydrogen-bond donors (Lipinski definition) is 0. The van der Waals surface area contributed by atoms with Crippen molar-refractivity contribution < 1.29 is 9.53 Å². The Balaban J connectivity index is 2.13. The van der Waals surface area contributed by atoms with Gasteiger partial charge in [-0.2, -0.15) is 0 Å². The molecule has 2 atom stereocenters. The molecule has 0 bridgehead atoms. The van der Waals surface area contributed by atoms with E-state index in [9.17, 15) is 4.79 Å². The van der Waals surface area contributed by atoms with Crippen LogP contribution in [0, 0.1) is 0 Å². The molecule has 1 fully saturated rings. The molecule has 1 heterocycles. The molecule has 4 heteroatoms. The normalized spacial score (nSPS) is 25.6. The van der Waals surface area contributed by atoms with Crippen LogP contribution >= 0.6 is 11.8 Å². The molecule has 1 saturated heterocycles. The van der Waals surface area contributed by atoms with E-state index in [4.69, 9.17) is 4.74 Å². The summed E-state index contributed by atoms with van der Waals surface area (Å²) in [7, 11) is 3.41. The lowest BCUT2D eigenvalue weighted by atomic mass is 10.2. The minimum absolute atomic E-state index is 0.125. The number of nitrogens with zero attached hydrogens (tertiary/aromatic N) is 1. The lowest BCUT2D eigenvalue weighted by Crippen LogP contribution is -2.36. The average molecular weight is 237 g/mol. The molecule has 0 amide bonds. The van der Waals surface area contributed by atoms with Crippen molar-refractivity contribution in [2.24, 2.45) is 0 Å². The van der Waals surface area contributed by atoms with Crippen molar-refractivity contribution >= 4 is 17.7 Å². The fraction of sp³-hybridized carbons (Fsp3) is 0.417. The molecular formula is C12H15NO2S. The van der Waals surface area contributed by atoms with E-state index in [1.165, 1.54) is 12.7 Å². The Hall–Kier alpha value is -1.00. The third-order valence-electron chi connectivity index (χ3n) is 2.83. The highest BCUT2D eigenvalue weighted by atomic mass is 32.2. The number of thioether (sulfide) groups is 1. The Kier molecular flexibility index (Phi) is 3.51. The number of methoxy groups -OCH3 is 1. The van der Waals surface area contributed by atoms with Crippen molar-refractivity contribution in [1.29, 1.82) is 0 Å². The van der Waals surface area contributed by atoms with Gasteiger partial charge >= 0.3 is 5.97 Å². The van der Waals surface area contributed by atoms with Crippen molar-refractivity contribution in [2.45, 2.75) is 11.4 Å². The second kappa shape index (κ2) is 4.89. The maximum absolute atomic E-state index is 11.5. The standard InChI is InChI=1S/C12H15NO2S/c1-13-10(12(14)15-2)8-16-11(13)9-6-4-3-5-7-9/h3-7,10-11H,8H2,1-2H3. The predicted molar refractivity (Wildman–Crippen MR) is 65.2 cm³/mol. The first-order chi connectivity index (χ1) is 7.74. The zero-order chi connectivity index (χ0) is 11.5. The molecule has 1 aromatic carbocycles. The van der Waals surface area contributed by atoms with Crippen LogP contribution in [-0.2, 0) is 9.53 Å². The molecular weight excluding hydrogens is 222 g/mol. The van der Waals surface area contributed by atoms with Gasteiger partial charge in [0.1, 0.15) is 6.04 Å². The lowest BCUT2D eigenvalue weighted by Gasteiger charge is -2.23. The zero-order valence-corrected chi connectivity index (χ0v) is 10.2. The SMILES string of the molecule is COC(=O)C1CSC(c2ccccc2)N1C. The summed E-state index contributed by atoms with van der Waals surface area (Å²) >= 11 is 1.78. The Bertz CT molecular complexity index is 369. The first-order valence-electron chi connectivity index (χ1n) is 5.20. The van der Waals surface area contributed by atoms with E-state index in [2.05, 4.69) is 17.0 Å². The molecule has 3 nitrogen and oxygen atoms in total. The second-order valence-electron chi connectivity index (χ2n) is 3.80. The monoisotopic (exact) mass is 237 g/mol. The first kappa shape index (κ1) is 11.5. The third-order valence-corrected chi connectivity index (χ3v) is 4.26. The molecule has 2 unspecified atom stereocenters. The van der Waals surface area contributed by atoms with Crippen molar-refractivity contribution in [3.8, 4) is 0 Å². The molecule has 2 rings (SSSR count). The average Bonchev–Trinajstić information content (AvgIpc) is 2.71. The number of benzene rings is 1. The molecule has 0 aliphatic carbocycles. The number of rotatable bonds is 2. The van der Waals surface area contributed by atoms with Crippen LogP contribution in [0.5, 0.6) is 0 Å². The van der Waals surface area contributed by atoms with Crippen LogP contribution in [0.25, 0.3) is 0 Å². The summed E-state index contributed by atoms with van der Waals surface area (Å²) in [5, 5.41) is 0.255. The van der Waals surface area contributed by atoms with E-state index in [0.717, 1.165) is 5.75 Å². The Morgan fingerprint density at radius 3 is 2.75 bits per heavy atom. The molecule has 1 aromatic rings. The highest BCUT2D eigenvalue weighted by molar-refractivity contribution is 7.99. The zero-order valence-electron chi connectivity index (χ0n) is 9.42. The highest BCUT2D eigenvalue weighted by Crippen LogP contribution is 2.39. The molecule has 0 spiro atoms. The van der Waals surface area contributed by atoms with Crippen LogP contribution in [0.3, 0.4) is 0 Å².